The predicted molar refractivity (Wildman–Crippen MR) is 103 cm³/mol. The molecule has 0 radical (unpaired) electrons. The smallest absolute Gasteiger partial charge is 0.248 e. The fourth-order valence-corrected chi connectivity index (χ4v) is 4.13. The Kier molecular flexibility index (Phi) is 6.67. The molecule has 10 heteroatoms. The maximum atomic E-state index is 13.4. The molecule has 1 N–H and O–H groups in total. The van der Waals surface area contributed by atoms with Crippen LogP contribution in [-0.2, 0) is 14.8 Å². The molecule has 0 saturated carbocycles. The summed E-state index contributed by atoms with van der Waals surface area (Å²) in [4.78, 5) is 12.7. The monoisotopic (exact) mass is 436 g/mol. The first-order valence-corrected chi connectivity index (χ1v) is 10.4. The minimum Gasteiger partial charge on any atom is -0.324 e. The van der Waals surface area contributed by atoms with Gasteiger partial charge in [-0.15, -0.1) is 0 Å². The number of anilines is 2. The molecule has 2 aromatic carbocycles. The quantitative estimate of drug-likeness (QED) is 0.726. The molecule has 1 atom stereocenters. The Morgan fingerprint density at radius 1 is 1.15 bits per heavy atom. The molecule has 2 rings (SSSR count). The van der Waals surface area contributed by atoms with E-state index in [4.69, 9.17) is 23.2 Å². The van der Waals surface area contributed by atoms with Crippen molar-refractivity contribution in [3.05, 3.63) is 58.1 Å². The third-order valence-electron chi connectivity index (χ3n) is 3.66. The van der Waals surface area contributed by atoms with Crippen LogP contribution in [0.5, 0.6) is 0 Å². The van der Waals surface area contributed by atoms with Gasteiger partial charge in [0.1, 0.15) is 6.04 Å². The molecule has 0 unspecified atom stereocenters. The standard InChI is InChI=1S/C17H16Cl2F2N2O3S/c1-3-15(17(24)22-11-5-7-13(20)14(21)9-11)23(27(2,25)26)16-8-10(18)4-6-12(16)19/h4-9,15H,3H2,1-2H3,(H,22,24)/t15-/m1/s1. The number of rotatable bonds is 6. The first-order valence-electron chi connectivity index (χ1n) is 7.75. The van der Waals surface area contributed by atoms with Crippen LogP contribution in [-0.4, -0.2) is 26.6 Å². The van der Waals surface area contributed by atoms with Gasteiger partial charge in [0.25, 0.3) is 0 Å². The number of amides is 1. The van der Waals surface area contributed by atoms with Crippen LogP contribution in [0.1, 0.15) is 13.3 Å². The lowest BCUT2D eigenvalue weighted by molar-refractivity contribution is -0.117. The number of sulfonamides is 1. The highest BCUT2D eigenvalue weighted by Crippen LogP contribution is 2.33. The Morgan fingerprint density at radius 3 is 2.37 bits per heavy atom. The van der Waals surface area contributed by atoms with E-state index in [1.165, 1.54) is 24.3 Å². The van der Waals surface area contributed by atoms with Crippen LogP contribution < -0.4 is 9.62 Å². The number of carbonyl (C=O) groups is 1. The number of hydrogen-bond donors (Lipinski definition) is 1. The van der Waals surface area contributed by atoms with Gasteiger partial charge in [0, 0.05) is 16.8 Å². The van der Waals surface area contributed by atoms with E-state index in [-0.39, 0.29) is 27.8 Å². The first kappa shape index (κ1) is 21.4. The summed E-state index contributed by atoms with van der Waals surface area (Å²) in [7, 11) is -3.93. The van der Waals surface area contributed by atoms with E-state index >= 15 is 0 Å². The average Bonchev–Trinajstić information content (AvgIpc) is 2.57. The fourth-order valence-electron chi connectivity index (χ4n) is 2.49. The Morgan fingerprint density at radius 2 is 1.81 bits per heavy atom. The Hall–Kier alpha value is -1.90. The highest BCUT2D eigenvalue weighted by atomic mass is 35.5. The number of nitrogens with one attached hydrogen (secondary N) is 1. The second-order valence-corrected chi connectivity index (χ2v) is 8.40. The number of hydrogen-bond acceptors (Lipinski definition) is 3. The zero-order chi connectivity index (χ0) is 20.4. The van der Waals surface area contributed by atoms with Crippen molar-refractivity contribution in [3.63, 3.8) is 0 Å². The number of halogens is 4. The molecule has 0 heterocycles. The number of carbonyl (C=O) groups excluding carboxylic acids is 1. The van der Waals surface area contributed by atoms with E-state index in [1.54, 1.807) is 6.92 Å². The minimum absolute atomic E-state index is 0.0111. The molecule has 27 heavy (non-hydrogen) atoms. The van der Waals surface area contributed by atoms with Crippen LogP contribution in [0, 0.1) is 11.6 Å². The highest BCUT2D eigenvalue weighted by molar-refractivity contribution is 7.92. The largest absolute Gasteiger partial charge is 0.324 e. The van der Waals surface area contributed by atoms with Crippen LogP contribution in [0.2, 0.25) is 10.0 Å². The second-order valence-electron chi connectivity index (χ2n) is 5.70. The minimum atomic E-state index is -3.93. The van der Waals surface area contributed by atoms with E-state index in [9.17, 15) is 22.0 Å². The lowest BCUT2D eigenvalue weighted by Crippen LogP contribution is -2.47. The van der Waals surface area contributed by atoms with Crippen molar-refractivity contribution in [1.82, 2.24) is 0 Å². The van der Waals surface area contributed by atoms with Crippen molar-refractivity contribution >= 4 is 50.5 Å². The summed E-state index contributed by atoms with van der Waals surface area (Å²) >= 11 is 12.1. The van der Waals surface area contributed by atoms with Gasteiger partial charge in [-0.2, -0.15) is 0 Å². The normalized spacial score (nSPS) is 12.5. The predicted octanol–water partition coefficient (Wildman–Crippen LogP) is 4.45. The molecule has 0 aliphatic carbocycles. The van der Waals surface area contributed by atoms with Gasteiger partial charge >= 0.3 is 0 Å². The van der Waals surface area contributed by atoms with Crippen molar-refractivity contribution in [2.45, 2.75) is 19.4 Å². The molecule has 0 aliphatic heterocycles. The van der Waals surface area contributed by atoms with Gasteiger partial charge in [0.05, 0.1) is 17.0 Å². The number of benzene rings is 2. The van der Waals surface area contributed by atoms with Crippen molar-refractivity contribution in [3.8, 4) is 0 Å². The Balaban J connectivity index is 2.44. The molecule has 5 nitrogen and oxygen atoms in total. The second kappa shape index (κ2) is 8.41. The molecule has 146 valence electrons. The molecule has 0 aliphatic rings. The van der Waals surface area contributed by atoms with Gasteiger partial charge in [-0.25, -0.2) is 17.2 Å². The summed E-state index contributed by atoms with van der Waals surface area (Å²) in [6.45, 7) is 1.60. The summed E-state index contributed by atoms with van der Waals surface area (Å²) in [5, 5.41) is 2.71. The lowest BCUT2D eigenvalue weighted by Gasteiger charge is -2.30. The van der Waals surface area contributed by atoms with Crippen LogP contribution in [0.25, 0.3) is 0 Å². The van der Waals surface area contributed by atoms with E-state index in [1.807, 2.05) is 0 Å². The maximum Gasteiger partial charge on any atom is 0.248 e. The Labute approximate surface area is 165 Å². The van der Waals surface area contributed by atoms with Gasteiger partial charge < -0.3 is 5.32 Å². The van der Waals surface area contributed by atoms with Gasteiger partial charge in [-0.05, 0) is 36.8 Å². The summed E-state index contributed by atoms with van der Waals surface area (Å²) in [5.41, 5.74) is 0.0296. The van der Waals surface area contributed by atoms with Crippen LogP contribution in [0.15, 0.2) is 36.4 Å². The summed E-state index contributed by atoms with van der Waals surface area (Å²) in [6, 6.07) is 5.86. The van der Waals surface area contributed by atoms with Crippen molar-refractivity contribution in [2.75, 3.05) is 15.9 Å². The summed E-state index contributed by atoms with van der Waals surface area (Å²) in [5.74, 6) is -2.94. The molecule has 0 fully saturated rings. The van der Waals surface area contributed by atoms with Crippen molar-refractivity contribution in [1.29, 1.82) is 0 Å². The van der Waals surface area contributed by atoms with Crippen molar-refractivity contribution in [2.24, 2.45) is 0 Å². The average molecular weight is 437 g/mol. The van der Waals surface area contributed by atoms with Crippen LogP contribution in [0.4, 0.5) is 20.2 Å². The Bertz CT molecular complexity index is 971. The highest BCUT2D eigenvalue weighted by Gasteiger charge is 2.33. The molecule has 0 spiro atoms. The van der Waals surface area contributed by atoms with Gasteiger partial charge in [-0.3, -0.25) is 9.10 Å². The fraction of sp³-hybridized carbons (Fsp3) is 0.235. The maximum absolute atomic E-state index is 13.4. The molecule has 1 amide bonds. The van der Waals surface area contributed by atoms with E-state index < -0.39 is 33.6 Å². The molecular formula is C17H16Cl2F2N2O3S. The summed E-state index contributed by atoms with van der Waals surface area (Å²) < 4.78 is 52.0. The molecule has 2 aromatic rings. The zero-order valence-electron chi connectivity index (χ0n) is 14.3. The van der Waals surface area contributed by atoms with Gasteiger partial charge in [0.15, 0.2) is 11.6 Å². The van der Waals surface area contributed by atoms with Crippen molar-refractivity contribution < 1.29 is 22.0 Å². The zero-order valence-corrected chi connectivity index (χ0v) is 16.7. The number of nitrogens with zero attached hydrogens (tertiary/aromatic N) is 1. The van der Waals surface area contributed by atoms with E-state index in [0.717, 1.165) is 22.7 Å². The molecule has 0 saturated heterocycles. The molecular weight excluding hydrogens is 421 g/mol. The third-order valence-corrected chi connectivity index (χ3v) is 5.38. The topological polar surface area (TPSA) is 66.5 Å². The SMILES string of the molecule is CC[C@H](C(=O)Nc1ccc(F)c(F)c1)N(c1cc(Cl)ccc1Cl)S(C)(=O)=O. The molecule has 0 bridgehead atoms. The van der Waals surface area contributed by atoms with Crippen LogP contribution in [0.3, 0.4) is 0 Å². The third kappa shape index (κ3) is 5.09. The van der Waals surface area contributed by atoms with E-state index in [0.29, 0.717) is 0 Å². The molecule has 0 aromatic heterocycles. The van der Waals surface area contributed by atoms with Gasteiger partial charge in [-0.1, -0.05) is 30.1 Å². The first-order chi connectivity index (χ1) is 12.5. The van der Waals surface area contributed by atoms with Crippen LogP contribution >= 0.6 is 23.2 Å². The lowest BCUT2D eigenvalue weighted by atomic mass is 10.1. The summed E-state index contributed by atoms with van der Waals surface area (Å²) in [6.07, 6.45) is 1.02. The van der Waals surface area contributed by atoms with E-state index in [2.05, 4.69) is 5.32 Å². The van der Waals surface area contributed by atoms with Gasteiger partial charge in [0.2, 0.25) is 15.9 Å².